The van der Waals surface area contributed by atoms with Gasteiger partial charge in [-0.1, -0.05) is 0 Å². The zero-order chi connectivity index (χ0) is 12.4. The van der Waals surface area contributed by atoms with Crippen molar-refractivity contribution in [2.45, 2.75) is 23.9 Å². The summed E-state index contributed by atoms with van der Waals surface area (Å²) in [5.74, 6) is 0.264. The molecule has 0 bridgehead atoms. The lowest BCUT2D eigenvalue weighted by molar-refractivity contribution is 1.01. The van der Waals surface area contributed by atoms with Gasteiger partial charge in [-0.15, -0.1) is 0 Å². The highest BCUT2D eigenvalue weighted by Crippen LogP contribution is 2.31. The largest absolute Gasteiger partial charge is 0.368 e. The molecule has 4 nitrogen and oxygen atoms in total. The third kappa shape index (κ3) is 3.17. The average molecular weight is 311 g/mol. The Hall–Kier alpha value is -1.14. The first-order valence-corrected chi connectivity index (χ1v) is 6.57. The smallest absolute Gasteiger partial charge is 0.221 e. The van der Waals surface area contributed by atoms with Gasteiger partial charge in [-0.3, -0.25) is 0 Å². The van der Waals surface area contributed by atoms with Crippen LogP contribution in [0, 0.1) is 13.8 Å². The minimum atomic E-state index is 0.264. The first-order valence-electron chi connectivity index (χ1n) is 4.96. The van der Waals surface area contributed by atoms with Crippen molar-refractivity contribution >= 4 is 33.6 Å². The summed E-state index contributed by atoms with van der Waals surface area (Å²) in [4.78, 5) is 12.5. The minimum Gasteiger partial charge on any atom is -0.368 e. The number of nitrogens with two attached hydrogens (primary N) is 1. The Kier molecular flexibility index (Phi) is 3.63. The molecule has 0 saturated heterocycles. The van der Waals surface area contributed by atoms with Crippen LogP contribution in [0.3, 0.4) is 0 Å². The predicted molar refractivity (Wildman–Crippen MR) is 72.0 cm³/mol. The van der Waals surface area contributed by atoms with Crippen molar-refractivity contribution in [2.75, 3.05) is 5.73 Å². The Balaban J connectivity index is 2.34. The van der Waals surface area contributed by atoms with E-state index in [1.54, 1.807) is 6.20 Å². The van der Waals surface area contributed by atoms with Gasteiger partial charge in [0.15, 0.2) is 0 Å². The molecule has 17 heavy (non-hydrogen) atoms. The van der Waals surface area contributed by atoms with Gasteiger partial charge in [-0.05, 0) is 59.2 Å². The van der Waals surface area contributed by atoms with Crippen LogP contribution in [0.15, 0.2) is 32.9 Å². The topological polar surface area (TPSA) is 64.7 Å². The second-order valence-electron chi connectivity index (χ2n) is 3.61. The molecule has 0 amide bonds. The molecule has 2 heterocycles. The lowest BCUT2D eigenvalue weighted by atomic mass is 10.3. The summed E-state index contributed by atoms with van der Waals surface area (Å²) in [6.45, 7) is 4.02. The second-order valence-corrected chi connectivity index (χ2v) is 5.47. The average Bonchev–Trinajstić information content (AvgIpc) is 2.22. The highest BCUT2D eigenvalue weighted by atomic mass is 79.9. The van der Waals surface area contributed by atoms with Crippen LogP contribution < -0.4 is 5.73 Å². The fourth-order valence-corrected chi connectivity index (χ4v) is 2.75. The number of anilines is 1. The van der Waals surface area contributed by atoms with E-state index in [1.807, 2.05) is 26.0 Å². The molecule has 0 aromatic carbocycles. The molecule has 0 aliphatic rings. The van der Waals surface area contributed by atoms with Gasteiger partial charge in [0.25, 0.3) is 0 Å². The molecule has 0 atom stereocenters. The first kappa shape index (κ1) is 12.3. The van der Waals surface area contributed by atoms with Crippen LogP contribution in [0.1, 0.15) is 11.3 Å². The molecule has 0 spiro atoms. The van der Waals surface area contributed by atoms with E-state index in [9.17, 15) is 0 Å². The van der Waals surface area contributed by atoms with Crippen LogP contribution in [-0.2, 0) is 0 Å². The molecule has 2 rings (SSSR count). The molecular formula is C11H11BrN4S. The molecule has 2 aromatic rings. The number of rotatable bonds is 2. The highest BCUT2D eigenvalue weighted by molar-refractivity contribution is 9.10. The first-order chi connectivity index (χ1) is 8.04. The van der Waals surface area contributed by atoms with Crippen molar-refractivity contribution in [1.29, 1.82) is 0 Å². The number of aryl methyl sites for hydroxylation is 2. The fourth-order valence-electron chi connectivity index (χ4n) is 1.39. The molecule has 0 aliphatic carbocycles. The van der Waals surface area contributed by atoms with E-state index in [2.05, 4.69) is 30.9 Å². The lowest BCUT2D eigenvalue weighted by Gasteiger charge is -2.05. The zero-order valence-electron chi connectivity index (χ0n) is 9.44. The van der Waals surface area contributed by atoms with Crippen molar-refractivity contribution in [3.63, 3.8) is 0 Å². The number of aromatic nitrogens is 3. The van der Waals surface area contributed by atoms with Gasteiger partial charge < -0.3 is 5.73 Å². The molecule has 0 aliphatic heterocycles. The van der Waals surface area contributed by atoms with Crippen LogP contribution in [0.2, 0.25) is 0 Å². The Labute approximate surface area is 112 Å². The Morgan fingerprint density at radius 3 is 2.71 bits per heavy atom. The maximum Gasteiger partial charge on any atom is 0.221 e. The highest BCUT2D eigenvalue weighted by Gasteiger charge is 2.07. The van der Waals surface area contributed by atoms with Crippen LogP contribution in [0.5, 0.6) is 0 Å². The summed E-state index contributed by atoms with van der Waals surface area (Å²) in [5.41, 5.74) is 7.73. The number of nitrogen functional groups attached to an aromatic ring is 1. The Morgan fingerprint density at radius 1 is 1.24 bits per heavy atom. The van der Waals surface area contributed by atoms with Gasteiger partial charge in [-0.2, -0.15) is 0 Å². The van der Waals surface area contributed by atoms with Crippen molar-refractivity contribution in [3.05, 3.63) is 34.1 Å². The van der Waals surface area contributed by atoms with Gasteiger partial charge in [0.1, 0.15) is 10.1 Å². The van der Waals surface area contributed by atoms with Crippen LogP contribution in [0.4, 0.5) is 5.95 Å². The molecule has 0 unspecified atom stereocenters. The molecule has 6 heteroatoms. The van der Waals surface area contributed by atoms with E-state index in [1.165, 1.54) is 17.3 Å². The van der Waals surface area contributed by atoms with E-state index in [0.717, 1.165) is 20.2 Å². The van der Waals surface area contributed by atoms with Crippen molar-refractivity contribution in [1.82, 2.24) is 15.0 Å². The van der Waals surface area contributed by atoms with Crippen LogP contribution in [0.25, 0.3) is 0 Å². The third-order valence-corrected chi connectivity index (χ3v) is 3.77. The molecule has 0 radical (unpaired) electrons. The van der Waals surface area contributed by atoms with E-state index < -0.39 is 0 Å². The molecule has 88 valence electrons. The number of nitrogens with zero attached hydrogens (tertiary/aromatic N) is 3. The minimum absolute atomic E-state index is 0.264. The number of halogens is 1. The quantitative estimate of drug-likeness (QED) is 0.864. The van der Waals surface area contributed by atoms with E-state index >= 15 is 0 Å². The molecule has 0 saturated carbocycles. The maximum absolute atomic E-state index is 5.56. The standard InChI is InChI=1S/C11H11BrN4S/c1-6-3-7(2)15-9(4-6)17-10-8(12)5-14-11(13)16-10/h3-5H,1-2H3,(H2,13,14,16). The number of hydrogen-bond acceptors (Lipinski definition) is 5. The molecule has 2 N–H and O–H groups in total. The van der Waals surface area contributed by atoms with E-state index in [4.69, 9.17) is 5.73 Å². The summed E-state index contributed by atoms with van der Waals surface area (Å²) in [6, 6.07) is 4.05. The second kappa shape index (κ2) is 5.01. The lowest BCUT2D eigenvalue weighted by Crippen LogP contribution is -1.96. The third-order valence-electron chi connectivity index (χ3n) is 2.01. The maximum atomic E-state index is 5.56. The SMILES string of the molecule is Cc1cc(C)nc(Sc2nc(N)ncc2Br)c1. The summed E-state index contributed by atoms with van der Waals surface area (Å²) >= 11 is 4.86. The number of pyridine rings is 1. The van der Waals surface area contributed by atoms with Crippen LogP contribution >= 0.6 is 27.7 Å². The van der Waals surface area contributed by atoms with Crippen molar-refractivity contribution in [2.24, 2.45) is 0 Å². The molecule has 2 aromatic heterocycles. The number of hydrogen-bond donors (Lipinski definition) is 1. The van der Waals surface area contributed by atoms with Gasteiger partial charge in [-0.25, -0.2) is 15.0 Å². The summed E-state index contributed by atoms with van der Waals surface area (Å²) in [7, 11) is 0. The van der Waals surface area contributed by atoms with E-state index in [-0.39, 0.29) is 5.95 Å². The normalized spacial score (nSPS) is 10.5. The predicted octanol–water partition coefficient (Wildman–Crippen LogP) is 2.98. The zero-order valence-corrected chi connectivity index (χ0v) is 11.8. The van der Waals surface area contributed by atoms with Gasteiger partial charge in [0.2, 0.25) is 5.95 Å². The summed E-state index contributed by atoms with van der Waals surface area (Å²) in [5, 5.41) is 1.68. The Bertz CT molecular complexity index is 539. The summed E-state index contributed by atoms with van der Waals surface area (Å²) < 4.78 is 0.817. The monoisotopic (exact) mass is 310 g/mol. The molecular weight excluding hydrogens is 300 g/mol. The fraction of sp³-hybridized carbons (Fsp3) is 0.182. The van der Waals surface area contributed by atoms with Gasteiger partial charge in [0, 0.05) is 11.9 Å². The van der Waals surface area contributed by atoms with Crippen LogP contribution in [-0.4, -0.2) is 15.0 Å². The van der Waals surface area contributed by atoms with Gasteiger partial charge in [0.05, 0.1) is 4.47 Å². The van der Waals surface area contributed by atoms with Gasteiger partial charge >= 0.3 is 0 Å². The van der Waals surface area contributed by atoms with Crippen molar-refractivity contribution in [3.8, 4) is 0 Å². The molecule has 0 fully saturated rings. The Morgan fingerprint density at radius 2 is 2.00 bits per heavy atom. The van der Waals surface area contributed by atoms with Crippen molar-refractivity contribution < 1.29 is 0 Å². The van der Waals surface area contributed by atoms with E-state index in [0.29, 0.717) is 0 Å². The summed E-state index contributed by atoms with van der Waals surface area (Å²) in [6.07, 6.45) is 1.65.